The molecule has 0 aromatic heterocycles. The van der Waals surface area contributed by atoms with Crippen molar-refractivity contribution in [1.29, 1.82) is 0 Å². The van der Waals surface area contributed by atoms with Crippen LogP contribution in [-0.4, -0.2) is 20.3 Å². The van der Waals surface area contributed by atoms with Gasteiger partial charge in [-0.1, -0.05) is 26.0 Å². The molecule has 1 rings (SSSR count). The topological polar surface area (TPSA) is 44.5 Å². The third kappa shape index (κ3) is 2.97. The fourth-order valence-corrected chi connectivity index (χ4v) is 1.87. The zero-order valence-electron chi connectivity index (χ0n) is 10.4. The van der Waals surface area contributed by atoms with Gasteiger partial charge in [0, 0.05) is 7.11 Å². The van der Waals surface area contributed by atoms with Gasteiger partial charge in [0.15, 0.2) is 0 Å². The minimum Gasteiger partial charge on any atom is -0.497 e. The summed E-state index contributed by atoms with van der Waals surface area (Å²) in [7, 11) is 3.35. The highest BCUT2D eigenvalue weighted by Gasteiger charge is 2.22. The number of methoxy groups -OCH3 is 2. The maximum Gasteiger partial charge on any atom is 0.119 e. The maximum atomic E-state index is 6.19. The first-order valence-electron chi connectivity index (χ1n) is 5.52. The molecule has 0 saturated carbocycles. The van der Waals surface area contributed by atoms with E-state index in [0.717, 1.165) is 11.3 Å². The van der Waals surface area contributed by atoms with Crippen LogP contribution in [0.2, 0.25) is 0 Å². The molecule has 0 amide bonds. The summed E-state index contributed by atoms with van der Waals surface area (Å²) in [5.41, 5.74) is 7.24. The lowest BCUT2D eigenvalue weighted by atomic mass is 9.94. The Kier molecular flexibility index (Phi) is 4.77. The van der Waals surface area contributed by atoms with Crippen molar-refractivity contribution in [2.45, 2.75) is 26.0 Å². The van der Waals surface area contributed by atoms with E-state index in [-0.39, 0.29) is 12.1 Å². The van der Waals surface area contributed by atoms with Crippen LogP contribution in [0.5, 0.6) is 5.75 Å². The molecule has 2 unspecified atom stereocenters. The van der Waals surface area contributed by atoms with Gasteiger partial charge >= 0.3 is 0 Å². The van der Waals surface area contributed by atoms with Gasteiger partial charge in [-0.2, -0.15) is 0 Å². The van der Waals surface area contributed by atoms with Gasteiger partial charge in [0.25, 0.3) is 0 Å². The summed E-state index contributed by atoms with van der Waals surface area (Å²) in [5.74, 6) is 1.21. The number of ether oxygens (including phenoxy) is 2. The number of hydrogen-bond acceptors (Lipinski definition) is 3. The summed E-state index contributed by atoms with van der Waals surface area (Å²) in [6, 6.07) is 7.69. The largest absolute Gasteiger partial charge is 0.497 e. The Bertz CT molecular complexity index is 325. The molecule has 3 heteroatoms. The Morgan fingerprint density at radius 3 is 2.38 bits per heavy atom. The zero-order chi connectivity index (χ0) is 12.1. The van der Waals surface area contributed by atoms with E-state index in [2.05, 4.69) is 13.8 Å². The fraction of sp³-hybridized carbons (Fsp3) is 0.538. The van der Waals surface area contributed by atoms with Crippen molar-refractivity contribution < 1.29 is 9.47 Å². The molecule has 0 heterocycles. The van der Waals surface area contributed by atoms with Crippen molar-refractivity contribution in [3.63, 3.8) is 0 Å². The van der Waals surface area contributed by atoms with Gasteiger partial charge in [-0.3, -0.25) is 0 Å². The van der Waals surface area contributed by atoms with Crippen LogP contribution in [-0.2, 0) is 4.74 Å². The van der Waals surface area contributed by atoms with Crippen LogP contribution in [0.3, 0.4) is 0 Å². The minimum atomic E-state index is -0.125. The average molecular weight is 223 g/mol. The van der Waals surface area contributed by atoms with Crippen LogP contribution in [0.25, 0.3) is 0 Å². The van der Waals surface area contributed by atoms with Crippen LogP contribution in [0, 0.1) is 5.92 Å². The molecule has 0 saturated heterocycles. The molecule has 16 heavy (non-hydrogen) atoms. The molecule has 0 fully saturated rings. The van der Waals surface area contributed by atoms with Crippen LogP contribution in [0.1, 0.15) is 25.5 Å². The highest BCUT2D eigenvalue weighted by Crippen LogP contribution is 2.24. The van der Waals surface area contributed by atoms with E-state index in [9.17, 15) is 0 Å². The van der Waals surface area contributed by atoms with Crippen LogP contribution in [0.15, 0.2) is 24.3 Å². The van der Waals surface area contributed by atoms with Crippen LogP contribution < -0.4 is 10.5 Å². The summed E-state index contributed by atoms with van der Waals surface area (Å²) in [5, 5.41) is 0. The summed E-state index contributed by atoms with van der Waals surface area (Å²) in [6.07, 6.45) is 0.0205. The summed E-state index contributed by atoms with van der Waals surface area (Å²) >= 11 is 0. The molecule has 1 aromatic carbocycles. The lowest BCUT2D eigenvalue weighted by Gasteiger charge is -2.26. The number of hydrogen-bond donors (Lipinski definition) is 1. The molecule has 3 nitrogen and oxygen atoms in total. The second-order valence-electron chi connectivity index (χ2n) is 4.25. The van der Waals surface area contributed by atoms with Crippen molar-refractivity contribution in [3.8, 4) is 5.75 Å². The molecule has 0 aliphatic heterocycles. The van der Waals surface area contributed by atoms with E-state index in [4.69, 9.17) is 15.2 Å². The first-order chi connectivity index (χ1) is 7.60. The maximum absolute atomic E-state index is 6.19. The summed E-state index contributed by atoms with van der Waals surface area (Å²) < 4.78 is 10.6. The van der Waals surface area contributed by atoms with Crippen molar-refractivity contribution in [2.24, 2.45) is 11.7 Å². The Morgan fingerprint density at radius 2 is 1.88 bits per heavy atom. The van der Waals surface area contributed by atoms with Gasteiger partial charge < -0.3 is 15.2 Å². The highest BCUT2D eigenvalue weighted by molar-refractivity contribution is 5.31. The quantitative estimate of drug-likeness (QED) is 0.833. The number of benzene rings is 1. The summed E-state index contributed by atoms with van der Waals surface area (Å²) in [4.78, 5) is 0. The first kappa shape index (κ1) is 13.0. The zero-order valence-corrected chi connectivity index (χ0v) is 10.4. The lowest BCUT2D eigenvalue weighted by Crippen LogP contribution is -2.32. The van der Waals surface area contributed by atoms with E-state index in [1.807, 2.05) is 24.3 Å². The monoisotopic (exact) mass is 223 g/mol. The molecule has 2 N–H and O–H groups in total. The third-order valence-corrected chi connectivity index (χ3v) is 2.76. The van der Waals surface area contributed by atoms with Gasteiger partial charge in [-0.25, -0.2) is 0 Å². The van der Waals surface area contributed by atoms with E-state index in [0.29, 0.717) is 5.92 Å². The van der Waals surface area contributed by atoms with E-state index < -0.39 is 0 Å². The minimum absolute atomic E-state index is 0.0205. The normalized spacial score (nSPS) is 14.9. The lowest BCUT2D eigenvalue weighted by molar-refractivity contribution is 0.0437. The Hall–Kier alpha value is -1.06. The molecular weight excluding hydrogens is 202 g/mol. The predicted molar refractivity (Wildman–Crippen MR) is 65.6 cm³/mol. The highest BCUT2D eigenvalue weighted by atomic mass is 16.5. The molecule has 0 radical (unpaired) electrons. The van der Waals surface area contributed by atoms with E-state index >= 15 is 0 Å². The number of nitrogens with two attached hydrogens (primary N) is 1. The first-order valence-corrected chi connectivity index (χ1v) is 5.52. The Morgan fingerprint density at radius 1 is 1.19 bits per heavy atom. The second-order valence-corrected chi connectivity index (χ2v) is 4.25. The van der Waals surface area contributed by atoms with Crippen molar-refractivity contribution >= 4 is 0 Å². The third-order valence-electron chi connectivity index (χ3n) is 2.76. The SMILES string of the molecule is COc1cccc(C(N)C(OC)C(C)C)c1. The summed E-state index contributed by atoms with van der Waals surface area (Å²) in [6.45, 7) is 4.21. The van der Waals surface area contributed by atoms with Gasteiger partial charge in [-0.05, 0) is 23.6 Å². The Labute approximate surface area is 97.6 Å². The van der Waals surface area contributed by atoms with Gasteiger partial charge in [0.1, 0.15) is 5.75 Å². The molecule has 90 valence electrons. The number of rotatable bonds is 5. The van der Waals surface area contributed by atoms with Gasteiger partial charge in [0.2, 0.25) is 0 Å². The second kappa shape index (κ2) is 5.87. The average Bonchev–Trinajstić information content (AvgIpc) is 2.29. The van der Waals surface area contributed by atoms with Crippen LogP contribution >= 0.6 is 0 Å². The van der Waals surface area contributed by atoms with E-state index in [1.54, 1.807) is 14.2 Å². The molecule has 2 atom stereocenters. The molecule has 0 spiro atoms. The smallest absolute Gasteiger partial charge is 0.119 e. The molecule has 0 aliphatic rings. The molecule has 0 bridgehead atoms. The van der Waals surface area contributed by atoms with Crippen molar-refractivity contribution in [2.75, 3.05) is 14.2 Å². The standard InChI is InChI=1S/C13H21NO2/c1-9(2)13(16-4)12(14)10-6-5-7-11(8-10)15-3/h5-9,12-13H,14H2,1-4H3. The van der Waals surface area contributed by atoms with Gasteiger partial charge in [0.05, 0.1) is 19.3 Å². The van der Waals surface area contributed by atoms with E-state index in [1.165, 1.54) is 0 Å². The van der Waals surface area contributed by atoms with Gasteiger partial charge in [-0.15, -0.1) is 0 Å². The van der Waals surface area contributed by atoms with Crippen LogP contribution in [0.4, 0.5) is 0 Å². The fourth-order valence-electron chi connectivity index (χ4n) is 1.87. The molecular formula is C13H21NO2. The van der Waals surface area contributed by atoms with Crippen molar-refractivity contribution in [3.05, 3.63) is 29.8 Å². The van der Waals surface area contributed by atoms with Crippen molar-refractivity contribution in [1.82, 2.24) is 0 Å². The molecule has 0 aliphatic carbocycles. The Balaban J connectivity index is 2.89. The molecule has 1 aromatic rings. The predicted octanol–water partition coefficient (Wildman–Crippen LogP) is 2.37.